The molecule has 1 rings (SSSR count). The average molecular weight is 286 g/mol. The van der Waals surface area contributed by atoms with Crippen LogP contribution in [0.2, 0.25) is 0 Å². The molecule has 1 aliphatic heterocycles. The monoisotopic (exact) mass is 286 g/mol. The number of ether oxygens (including phenoxy) is 1. The van der Waals surface area contributed by atoms with Crippen molar-refractivity contribution in [2.45, 2.75) is 32.2 Å². The molecule has 0 aromatic heterocycles. The third-order valence-corrected chi connectivity index (χ3v) is 3.40. The zero-order valence-corrected chi connectivity index (χ0v) is 12.1. The number of methoxy groups -OCH3 is 1. The molecule has 114 valence electrons. The van der Waals surface area contributed by atoms with E-state index < -0.39 is 17.4 Å². The van der Waals surface area contributed by atoms with Crippen LogP contribution in [0.25, 0.3) is 0 Å². The number of nitrogens with zero attached hydrogens (tertiary/aromatic N) is 1. The molecule has 7 heteroatoms. The molecule has 2 N–H and O–H groups in total. The lowest BCUT2D eigenvalue weighted by Gasteiger charge is -2.29. The van der Waals surface area contributed by atoms with E-state index in [9.17, 15) is 14.4 Å². The van der Waals surface area contributed by atoms with Crippen LogP contribution in [0.5, 0.6) is 0 Å². The summed E-state index contributed by atoms with van der Waals surface area (Å²) in [4.78, 5) is 36.3. The van der Waals surface area contributed by atoms with E-state index in [1.807, 2.05) is 6.92 Å². The van der Waals surface area contributed by atoms with Crippen molar-refractivity contribution in [2.24, 2.45) is 5.92 Å². The van der Waals surface area contributed by atoms with Crippen molar-refractivity contribution in [1.29, 1.82) is 0 Å². The van der Waals surface area contributed by atoms with Gasteiger partial charge in [0.25, 0.3) is 0 Å². The number of likely N-dealkylation sites (tertiary alicyclic amines) is 1. The van der Waals surface area contributed by atoms with E-state index in [1.165, 1.54) is 7.11 Å². The summed E-state index contributed by atoms with van der Waals surface area (Å²) in [5.41, 5.74) is -0.972. The van der Waals surface area contributed by atoms with Crippen LogP contribution in [0.3, 0.4) is 0 Å². The van der Waals surface area contributed by atoms with Crippen molar-refractivity contribution in [1.82, 2.24) is 10.2 Å². The third kappa shape index (κ3) is 4.19. The fourth-order valence-corrected chi connectivity index (χ4v) is 2.44. The maximum atomic E-state index is 12.2. The van der Waals surface area contributed by atoms with E-state index in [4.69, 9.17) is 9.84 Å². The molecule has 0 aliphatic carbocycles. The second kappa shape index (κ2) is 6.69. The van der Waals surface area contributed by atoms with Gasteiger partial charge in [0.05, 0.1) is 24.5 Å². The number of carbonyl (C=O) groups is 3. The Kier molecular flexibility index (Phi) is 5.50. The maximum absolute atomic E-state index is 12.2. The van der Waals surface area contributed by atoms with Gasteiger partial charge in [-0.3, -0.25) is 14.4 Å². The average Bonchev–Trinajstić information content (AvgIpc) is 2.69. The topological polar surface area (TPSA) is 95.9 Å². The normalized spacial score (nSPS) is 21.6. The van der Waals surface area contributed by atoms with Crippen molar-refractivity contribution >= 4 is 17.8 Å². The Morgan fingerprint density at radius 1 is 1.55 bits per heavy atom. The Labute approximate surface area is 118 Å². The van der Waals surface area contributed by atoms with E-state index in [0.29, 0.717) is 13.1 Å². The highest BCUT2D eigenvalue weighted by Gasteiger charge is 2.37. The number of hydrogen-bond donors (Lipinski definition) is 2. The number of aliphatic carboxylic acids is 1. The number of carbonyl (C=O) groups excluding carboxylic acids is 2. The van der Waals surface area contributed by atoms with Crippen LogP contribution in [0, 0.1) is 5.92 Å². The van der Waals surface area contributed by atoms with E-state index in [-0.39, 0.29) is 31.3 Å². The van der Waals surface area contributed by atoms with Crippen molar-refractivity contribution in [2.75, 3.05) is 26.8 Å². The summed E-state index contributed by atoms with van der Waals surface area (Å²) in [5, 5.41) is 11.6. The Balaban J connectivity index is 2.67. The molecule has 0 radical (unpaired) electrons. The second-order valence-corrected chi connectivity index (χ2v) is 5.39. The molecule has 0 spiro atoms. The van der Waals surface area contributed by atoms with Gasteiger partial charge in [-0.25, -0.2) is 0 Å². The van der Waals surface area contributed by atoms with Crippen LogP contribution < -0.4 is 5.32 Å². The van der Waals surface area contributed by atoms with Crippen LogP contribution in [0.15, 0.2) is 0 Å². The van der Waals surface area contributed by atoms with Gasteiger partial charge in [-0.15, -0.1) is 0 Å². The Morgan fingerprint density at radius 3 is 2.65 bits per heavy atom. The zero-order chi connectivity index (χ0) is 15.3. The second-order valence-electron chi connectivity index (χ2n) is 5.39. The smallest absolute Gasteiger partial charge is 0.305 e. The number of nitrogens with one attached hydrogen (secondary N) is 1. The van der Waals surface area contributed by atoms with E-state index in [0.717, 1.165) is 0 Å². The summed E-state index contributed by atoms with van der Waals surface area (Å²) in [6, 6.07) is 0. The van der Waals surface area contributed by atoms with Gasteiger partial charge in [-0.2, -0.15) is 0 Å². The predicted molar refractivity (Wildman–Crippen MR) is 71.0 cm³/mol. The Hall–Kier alpha value is -1.63. The first-order valence-electron chi connectivity index (χ1n) is 6.62. The molecule has 0 aromatic rings. The highest BCUT2D eigenvalue weighted by Crippen LogP contribution is 2.19. The summed E-state index contributed by atoms with van der Waals surface area (Å²) in [6.07, 6.45) is -0.0550. The standard InChI is InChI=1S/C13H22N2O5/c1-4-15-7-9(5-10(15)16)12(19)14-13(2,8-20-3)6-11(17)18/h9H,4-8H2,1-3H3,(H,14,19)(H,17,18). The van der Waals surface area contributed by atoms with Crippen LogP contribution >= 0.6 is 0 Å². The molecule has 7 nitrogen and oxygen atoms in total. The number of amides is 2. The SMILES string of the molecule is CCN1CC(C(=O)NC(C)(COC)CC(=O)O)CC1=O. The van der Waals surface area contributed by atoms with Gasteiger partial charge < -0.3 is 20.1 Å². The first-order chi connectivity index (χ1) is 9.31. The molecule has 0 saturated carbocycles. The van der Waals surface area contributed by atoms with Crippen LogP contribution in [-0.4, -0.2) is 60.1 Å². The molecule has 20 heavy (non-hydrogen) atoms. The first-order valence-corrected chi connectivity index (χ1v) is 6.62. The summed E-state index contributed by atoms with van der Waals surface area (Å²) >= 11 is 0. The van der Waals surface area contributed by atoms with E-state index in [2.05, 4.69) is 5.32 Å². The molecule has 1 saturated heterocycles. The predicted octanol–water partition coefficient (Wildman–Crippen LogP) is -0.149. The van der Waals surface area contributed by atoms with Gasteiger partial charge >= 0.3 is 5.97 Å². The molecule has 2 unspecified atom stereocenters. The van der Waals surface area contributed by atoms with Crippen molar-refractivity contribution in [3.8, 4) is 0 Å². The number of carboxylic acid groups (broad SMARTS) is 1. The first kappa shape index (κ1) is 16.4. The molecular formula is C13H22N2O5. The van der Waals surface area contributed by atoms with Crippen molar-refractivity contribution in [3.05, 3.63) is 0 Å². The molecule has 0 bridgehead atoms. The largest absolute Gasteiger partial charge is 0.481 e. The lowest BCUT2D eigenvalue weighted by Crippen LogP contribution is -2.52. The number of rotatable bonds is 7. The van der Waals surface area contributed by atoms with Gasteiger partial charge in [-0.1, -0.05) is 0 Å². The summed E-state index contributed by atoms with van der Waals surface area (Å²) < 4.78 is 4.98. The van der Waals surface area contributed by atoms with Crippen LogP contribution in [0.4, 0.5) is 0 Å². The van der Waals surface area contributed by atoms with Gasteiger partial charge in [0, 0.05) is 26.6 Å². The van der Waals surface area contributed by atoms with Gasteiger partial charge in [-0.05, 0) is 13.8 Å². The lowest BCUT2D eigenvalue weighted by atomic mass is 9.97. The quantitative estimate of drug-likeness (QED) is 0.678. The minimum Gasteiger partial charge on any atom is -0.481 e. The minimum absolute atomic E-state index is 0.0423. The van der Waals surface area contributed by atoms with Crippen molar-refractivity contribution in [3.63, 3.8) is 0 Å². The Bertz CT molecular complexity index is 398. The fourth-order valence-electron chi connectivity index (χ4n) is 2.44. The third-order valence-electron chi connectivity index (χ3n) is 3.40. The number of hydrogen-bond acceptors (Lipinski definition) is 4. The molecule has 2 amide bonds. The van der Waals surface area contributed by atoms with Gasteiger partial charge in [0.2, 0.25) is 11.8 Å². The van der Waals surface area contributed by atoms with E-state index >= 15 is 0 Å². The maximum Gasteiger partial charge on any atom is 0.305 e. The zero-order valence-electron chi connectivity index (χ0n) is 12.1. The van der Waals surface area contributed by atoms with Gasteiger partial charge in [0.1, 0.15) is 0 Å². The van der Waals surface area contributed by atoms with Crippen LogP contribution in [0.1, 0.15) is 26.7 Å². The van der Waals surface area contributed by atoms with Gasteiger partial charge in [0.15, 0.2) is 0 Å². The molecule has 1 aliphatic rings. The van der Waals surface area contributed by atoms with E-state index in [1.54, 1.807) is 11.8 Å². The lowest BCUT2D eigenvalue weighted by molar-refractivity contribution is -0.140. The highest BCUT2D eigenvalue weighted by molar-refractivity contribution is 5.89. The van der Waals surface area contributed by atoms with Crippen LogP contribution in [-0.2, 0) is 19.1 Å². The summed E-state index contributed by atoms with van der Waals surface area (Å²) in [5.74, 6) is -1.77. The highest BCUT2D eigenvalue weighted by atomic mass is 16.5. The molecule has 1 fully saturated rings. The molecule has 0 aromatic carbocycles. The molecular weight excluding hydrogens is 264 g/mol. The summed E-state index contributed by atoms with van der Waals surface area (Å²) in [6.45, 7) is 4.54. The Morgan fingerprint density at radius 2 is 2.20 bits per heavy atom. The molecule has 1 heterocycles. The summed E-state index contributed by atoms with van der Waals surface area (Å²) in [7, 11) is 1.45. The fraction of sp³-hybridized carbons (Fsp3) is 0.769. The number of carboxylic acids is 1. The molecule has 2 atom stereocenters. The van der Waals surface area contributed by atoms with Crippen molar-refractivity contribution < 1.29 is 24.2 Å². The minimum atomic E-state index is -1.01.